The van der Waals surface area contributed by atoms with Gasteiger partial charge in [-0.3, -0.25) is 4.18 Å². The molecule has 0 radical (unpaired) electrons. The third kappa shape index (κ3) is 8.18. The Morgan fingerprint density at radius 3 is 1.83 bits per heavy atom. The van der Waals surface area contributed by atoms with Crippen molar-refractivity contribution in [1.29, 1.82) is 0 Å². The zero-order valence-electron chi connectivity index (χ0n) is 14.4. The fourth-order valence-corrected chi connectivity index (χ4v) is 2.81. The van der Waals surface area contributed by atoms with Crippen LogP contribution in [0.15, 0.2) is 29.2 Å². The minimum atomic E-state index is -3.88. The zero-order valence-corrected chi connectivity index (χ0v) is 15.2. The first kappa shape index (κ1) is 21.0. The molecule has 0 spiro atoms. The first-order valence-corrected chi connectivity index (χ1v) is 9.03. The van der Waals surface area contributed by atoms with E-state index in [0.717, 1.165) is 5.56 Å². The van der Waals surface area contributed by atoms with E-state index in [1.54, 1.807) is 26.4 Å². The number of hydrogen-bond donors (Lipinski definition) is 0. The second-order valence-electron chi connectivity index (χ2n) is 5.12. The van der Waals surface area contributed by atoms with Crippen molar-refractivity contribution in [3.05, 3.63) is 29.8 Å². The van der Waals surface area contributed by atoms with Gasteiger partial charge in [-0.05, 0) is 19.1 Å². The molecule has 0 saturated carbocycles. The van der Waals surface area contributed by atoms with Gasteiger partial charge in [-0.2, -0.15) is 8.42 Å². The Morgan fingerprint density at radius 1 is 0.875 bits per heavy atom. The van der Waals surface area contributed by atoms with Crippen molar-refractivity contribution in [2.24, 2.45) is 0 Å². The Bertz CT molecular complexity index is 530. The molecule has 0 aliphatic carbocycles. The van der Waals surface area contributed by atoms with Gasteiger partial charge in [0.2, 0.25) is 0 Å². The number of ether oxygens (including phenoxy) is 4. The third-order valence-electron chi connectivity index (χ3n) is 3.04. The molecule has 1 rings (SSSR count). The van der Waals surface area contributed by atoms with E-state index in [1.807, 2.05) is 6.92 Å². The molecule has 24 heavy (non-hydrogen) atoms. The van der Waals surface area contributed by atoms with Crippen LogP contribution in [0.5, 0.6) is 0 Å². The maximum absolute atomic E-state index is 12.3. The smallest absolute Gasteiger partial charge is 0.297 e. The summed E-state index contributed by atoms with van der Waals surface area (Å²) >= 11 is 0. The Morgan fingerprint density at radius 2 is 1.38 bits per heavy atom. The maximum Gasteiger partial charge on any atom is 0.297 e. The monoisotopic (exact) mass is 362 g/mol. The van der Waals surface area contributed by atoms with Crippen LogP contribution in [0.1, 0.15) is 5.56 Å². The second-order valence-corrected chi connectivity index (χ2v) is 6.69. The van der Waals surface area contributed by atoms with Crippen LogP contribution in [0.4, 0.5) is 0 Å². The molecule has 0 fully saturated rings. The minimum absolute atomic E-state index is 0.0848. The van der Waals surface area contributed by atoms with Crippen LogP contribution in [-0.4, -0.2) is 68.4 Å². The second kappa shape index (κ2) is 11.5. The lowest BCUT2D eigenvalue weighted by Gasteiger charge is -2.18. The summed E-state index contributed by atoms with van der Waals surface area (Å²) in [7, 11) is -0.759. The molecule has 138 valence electrons. The Kier molecular flexibility index (Phi) is 10.1. The molecule has 0 unspecified atom stereocenters. The van der Waals surface area contributed by atoms with Crippen LogP contribution >= 0.6 is 0 Å². The Labute approximate surface area is 143 Å². The van der Waals surface area contributed by atoms with Crippen molar-refractivity contribution < 1.29 is 31.5 Å². The van der Waals surface area contributed by atoms with E-state index in [1.165, 1.54) is 12.1 Å². The molecule has 7 nitrogen and oxygen atoms in total. The number of methoxy groups -OCH3 is 2. The normalized spacial score (nSPS) is 12.0. The summed E-state index contributed by atoms with van der Waals surface area (Å²) in [5.41, 5.74) is 0.969. The van der Waals surface area contributed by atoms with Crippen LogP contribution in [0.3, 0.4) is 0 Å². The number of benzene rings is 1. The standard InChI is InChI=1S/C16H26O7S/c1-14-4-6-16(7-5-14)24(17,18)23-15(12-21-10-8-19-2)13-22-11-9-20-3/h4-7,15H,8-13H2,1-3H3. The summed E-state index contributed by atoms with van der Waals surface area (Å²) in [6, 6.07) is 6.46. The number of rotatable bonds is 13. The summed E-state index contributed by atoms with van der Waals surface area (Å²) in [5, 5.41) is 0. The van der Waals surface area contributed by atoms with E-state index >= 15 is 0 Å². The van der Waals surface area contributed by atoms with Gasteiger partial charge in [-0.25, -0.2) is 0 Å². The van der Waals surface area contributed by atoms with Gasteiger partial charge in [-0.15, -0.1) is 0 Å². The molecule has 0 aromatic heterocycles. The van der Waals surface area contributed by atoms with E-state index in [4.69, 9.17) is 23.1 Å². The van der Waals surface area contributed by atoms with Gasteiger partial charge < -0.3 is 18.9 Å². The van der Waals surface area contributed by atoms with E-state index in [2.05, 4.69) is 0 Å². The number of aryl methyl sites for hydroxylation is 1. The molecule has 1 aromatic carbocycles. The zero-order chi connectivity index (χ0) is 17.8. The van der Waals surface area contributed by atoms with Gasteiger partial charge in [0.25, 0.3) is 10.1 Å². The van der Waals surface area contributed by atoms with Crippen molar-refractivity contribution in [3.63, 3.8) is 0 Å². The van der Waals surface area contributed by atoms with Gasteiger partial charge in [0.15, 0.2) is 0 Å². The number of hydrogen-bond acceptors (Lipinski definition) is 7. The van der Waals surface area contributed by atoms with Crippen LogP contribution in [0.2, 0.25) is 0 Å². The summed E-state index contributed by atoms with van der Waals surface area (Å²) in [6.07, 6.45) is -0.745. The van der Waals surface area contributed by atoms with Gasteiger partial charge in [0.1, 0.15) is 6.10 Å². The molecule has 0 atom stereocenters. The average Bonchev–Trinajstić information content (AvgIpc) is 2.55. The molecule has 0 saturated heterocycles. The molecule has 8 heteroatoms. The Hall–Kier alpha value is -1.03. The molecular formula is C16H26O7S. The largest absolute Gasteiger partial charge is 0.382 e. The summed E-state index contributed by atoms with van der Waals surface area (Å²) in [5.74, 6) is 0. The van der Waals surface area contributed by atoms with Crippen molar-refractivity contribution in [1.82, 2.24) is 0 Å². The molecule has 0 amide bonds. The topological polar surface area (TPSA) is 80.3 Å². The molecule has 0 aliphatic heterocycles. The predicted octanol–water partition coefficient (Wildman–Crippen LogP) is 1.39. The fraction of sp³-hybridized carbons (Fsp3) is 0.625. The van der Waals surface area contributed by atoms with Crippen LogP contribution < -0.4 is 0 Å². The molecule has 0 N–H and O–H groups in total. The van der Waals surface area contributed by atoms with Gasteiger partial charge in [0, 0.05) is 14.2 Å². The predicted molar refractivity (Wildman–Crippen MR) is 88.6 cm³/mol. The van der Waals surface area contributed by atoms with Crippen LogP contribution in [-0.2, 0) is 33.2 Å². The highest BCUT2D eigenvalue weighted by Gasteiger charge is 2.22. The first-order valence-electron chi connectivity index (χ1n) is 7.63. The van der Waals surface area contributed by atoms with E-state index in [9.17, 15) is 8.42 Å². The van der Waals surface area contributed by atoms with Crippen molar-refractivity contribution in [3.8, 4) is 0 Å². The van der Waals surface area contributed by atoms with Gasteiger partial charge in [0.05, 0.1) is 44.5 Å². The Balaban J connectivity index is 2.64. The minimum Gasteiger partial charge on any atom is -0.382 e. The highest BCUT2D eigenvalue weighted by molar-refractivity contribution is 7.86. The molecule has 0 aliphatic rings. The fourth-order valence-electron chi connectivity index (χ4n) is 1.76. The van der Waals surface area contributed by atoms with Crippen LogP contribution in [0.25, 0.3) is 0 Å². The molecular weight excluding hydrogens is 336 g/mol. The van der Waals surface area contributed by atoms with Crippen LogP contribution in [0, 0.1) is 6.92 Å². The molecule has 1 aromatic rings. The third-order valence-corrected chi connectivity index (χ3v) is 4.42. The summed E-state index contributed by atoms with van der Waals surface area (Å²) in [6.45, 7) is 3.58. The lowest BCUT2D eigenvalue weighted by atomic mass is 10.2. The quantitative estimate of drug-likeness (QED) is 0.387. The van der Waals surface area contributed by atoms with Gasteiger partial charge in [-0.1, -0.05) is 17.7 Å². The summed E-state index contributed by atoms with van der Waals surface area (Å²) in [4.78, 5) is 0.104. The lowest BCUT2D eigenvalue weighted by Crippen LogP contribution is -2.30. The molecule has 0 heterocycles. The maximum atomic E-state index is 12.3. The van der Waals surface area contributed by atoms with Gasteiger partial charge >= 0.3 is 0 Å². The highest BCUT2D eigenvalue weighted by atomic mass is 32.2. The SMILES string of the molecule is COCCOCC(COCCOC)OS(=O)(=O)c1ccc(C)cc1. The average molecular weight is 362 g/mol. The first-order chi connectivity index (χ1) is 11.5. The highest BCUT2D eigenvalue weighted by Crippen LogP contribution is 2.15. The van der Waals surface area contributed by atoms with Crippen molar-refractivity contribution in [2.45, 2.75) is 17.9 Å². The van der Waals surface area contributed by atoms with E-state index in [0.29, 0.717) is 26.4 Å². The van der Waals surface area contributed by atoms with Crippen molar-refractivity contribution in [2.75, 3.05) is 53.9 Å². The lowest BCUT2D eigenvalue weighted by molar-refractivity contribution is -0.0233. The molecule has 0 bridgehead atoms. The van der Waals surface area contributed by atoms with Crippen molar-refractivity contribution >= 4 is 10.1 Å². The summed E-state index contributed by atoms with van der Waals surface area (Å²) < 4.78 is 50.5. The van der Waals surface area contributed by atoms with E-state index in [-0.39, 0.29) is 18.1 Å². The van der Waals surface area contributed by atoms with E-state index < -0.39 is 16.2 Å².